The first-order valence-corrected chi connectivity index (χ1v) is 5.98. The highest BCUT2D eigenvalue weighted by Gasteiger charge is 2.21. The molecule has 2 unspecified atom stereocenters. The van der Waals surface area contributed by atoms with Crippen molar-refractivity contribution in [2.24, 2.45) is 5.73 Å². The predicted molar refractivity (Wildman–Crippen MR) is 76.4 cm³/mol. The van der Waals surface area contributed by atoms with E-state index in [9.17, 15) is 10.2 Å². The van der Waals surface area contributed by atoms with Crippen molar-refractivity contribution in [3.63, 3.8) is 0 Å². The predicted octanol–water partition coefficient (Wildman–Crippen LogP) is 0.298. The molecule has 0 saturated carbocycles. The first-order chi connectivity index (χ1) is 8.45. The molecule has 0 aromatic heterocycles. The van der Waals surface area contributed by atoms with Gasteiger partial charge in [-0.1, -0.05) is 12.1 Å². The lowest BCUT2D eigenvalue weighted by atomic mass is 10.0. The molecule has 100 valence electrons. The van der Waals surface area contributed by atoms with E-state index in [-0.39, 0.29) is 17.8 Å². The van der Waals surface area contributed by atoms with Crippen LogP contribution in [0.1, 0.15) is 11.7 Å². The van der Waals surface area contributed by atoms with Crippen LogP contribution < -0.4 is 11.1 Å². The molecule has 0 aliphatic heterocycles. The number of rotatable bonds is 5. The fraction of sp³-hybridized carbons (Fsp3) is 0.417. The van der Waals surface area contributed by atoms with Gasteiger partial charge in [-0.2, -0.15) is 0 Å². The molecular formula is C12H19N3O2S. The van der Waals surface area contributed by atoms with Crippen LogP contribution in [0, 0.1) is 0 Å². The Morgan fingerprint density at radius 2 is 1.94 bits per heavy atom. The number of likely N-dealkylation sites (N-methyl/N-ethyl adjacent to an activating group) is 1. The molecule has 0 amide bonds. The van der Waals surface area contributed by atoms with Crippen LogP contribution in [0.15, 0.2) is 24.3 Å². The fourth-order valence-electron chi connectivity index (χ4n) is 1.67. The topological polar surface area (TPSA) is 81.8 Å². The third-order valence-corrected chi connectivity index (χ3v) is 2.84. The molecule has 5 nitrogen and oxygen atoms in total. The third-order valence-electron chi connectivity index (χ3n) is 2.73. The summed E-state index contributed by atoms with van der Waals surface area (Å²) in [6.45, 7) is -0.110. The number of anilines is 1. The van der Waals surface area contributed by atoms with Crippen LogP contribution in [-0.2, 0) is 0 Å². The molecule has 2 atom stereocenters. The molecule has 0 aliphatic carbocycles. The number of aliphatic hydroxyl groups excluding tert-OH is 2. The Labute approximate surface area is 112 Å². The summed E-state index contributed by atoms with van der Waals surface area (Å²) < 4.78 is 0. The highest BCUT2D eigenvalue weighted by atomic mass is 32.1. The number of nitrogens with two attached hydrogens (primary N) is 1. The minimum absolute atomic E-state index is 0.110. The Hall–Kier alpha value is -1.21. The van der Waals surface area contributed by atoms with Gasteiger partial charge in [-0.05, 0) is 44.0 Å². The summed E-state index contributed by atoms with van der Waals surface area (Å²) in [7, 11) is 3.62. The molecule has 1 aromatic carbocycles. The zero-order valence-electron chi connectivity index (χ0n) is 10.5. The van der Waals surface area contributed by atoms with Gasteiger partial charge in [-0.15, -0.1) is 0 Å². The van der Waals surface area contributed by atoms with Gasteiger partial charge >= 0.3 is 0 Å². The molecule has 0 saturated heterocycles. The second-order valence-corrected chi connectivity index (χ2v) is 4.71. The number of benzene rings is 1. The SMILES string of the molecule is CN(C)C(CO)C(O)c1ccc(NC(N)=S)cc1. The zero-order valence-corrected chi connectivity index (χ0v) is 11.3. The van der Waals surface area contributed by atoms with E-state index < -0.39 is 6.10 Å². The van der Waals surface area contributed by atoms with Gasteiger partial charge in [0.25, 0.3) is 0 Å². The Balaban J connectivity index is 2.80. The van der Waals surface area contributed by atoms with Crippen molar-refractivity contribution in [2.45, 2.75) is 12.1 Å². The lowest BCUT2D eigenvalue weighted by Crippen LogP contribution is -2.37. The minimum Gasteiger partial charge on any atom is -0.395 e. The Bertz CT molecular complexity index is 395. The number of thiocarbonyl (C=S) groups is 1. The highest BCUT2D eigenvalue weighted by Crippen LogP contribution is 2.21. The molecule has 0 heterocycles. The van der Waals surface area contributed by atoms with Crippen LogP contribution in [0.2, 0.25) is 0 Å². The number of nitrogens with one attached hydrogen (secondary N) is 1. The van der Waals surface area contributed by atoms with Crippen LogP contribution in [-0.4, -0.2) is 47.0 Å². The summed E-state index contributed by atoms with van der Waals surface area (Å²) in [6, 6.07) is 6.78. The smallest absolute Gasteiger partial charge is 0.168 e. The molecule has 0 radical (unpaired) electrons. The molecule has 1 aromatic rings. The maximum absolute atomic E-state index is 10.2. The van der Waals surface area contributed by atoms with Gasteiger partial charge in [0.1, 0.15) is 0 Å². The van der Waals surface area contributed by atoms with Crippen molar-refractivity contribution in [3.05, 3.63) is 29.8 Å². The fourth-order valence-corrected chi connectivity index (χ4v) is 1.79. The number of hydrogen-bond donors (Lipinski definition) is 4. The Kier molecular flexibility index (Phi) is 5.49. The summed E-state index contributed by atoms with van der Waals surface area (Å²) >= 11 is 4.73. The van der Waals surface area contributed by atoms with E-state index in [1.807, 2.05) is 14.1 Å². The molecule has 0 spiro atoms. The second kappa shape index (κ2) is 6.65. The van der Waals surface area contributed by atoms with Crippen LogP contribution in [0.4, 0.5) is 5.69 Å². The maximum atomic E-state index is 10.2. The molecular weight excluding hydrogens is 250 g/mol. The monoisotopic (exact) mass is 269 g/mol. The van der Waals surface area contributed by atoms with Crippen LogP contribution in [0.25, 0.3) is 0 Å². The standard InChI is InChI=1S/C12H19N3O2S/c1-15(2)10(7-16)11(17)8-3-5-9(6-4-8)14-12(13)18/h3-6,10-11,16-17H,7H2,1-2H3,(H3,13,14,18). The molecule has 6 heteroatoms. The molecule has 1 rings (SSSR count). The Morgan fingerprint density at radius 3 is 2.33 bits per heavy atom. The highest BCUT2D eigenvalue weighted by molar-refractivity contribution is 7.80. The largest absolute Gasteiger partial charge is 0.395 e. The van der Waals surface area contributed by atoms with Crippen LogP contribution >= 0.6 is 12.2 Å². The van der Waals surface area contributed by atoms with E-state index in [0.29, 0.717) is 0 Å². The van der Waals surface area contributed by atoms with Gasteiger partial charge in [0, 0.05) is 5.69 Å². The van der Waals surface area contributed by atoms with Gasteiger partial charge in [0.05, 0.1) is 18.8 Å². The zero-order chi connectivity index (χ0) is 13.7. The molecule has 0 fully saturated rings. The van der Waals surface area contributed by atoms with Crippen molar-refractivity contribution in [2.75, 3.05) is 26.0 Å². The maximum Gasteiger partial charge on any atom is 0.168 e. The minimum atomic E-state index is -0.746. The summed E-state index contributed by atoms with van der Waals surface area (Å²) in [5.41, 5.74) is 6.86. The number of nitrogens with zero attached hydrogens (tertiary/aromatic N) is 1. The molecule has 5 N–H and O–H groups in total. The van der Waals surface area contributed by atoms with Crippen LogP contribution in [0.3, 0.4) is 0 Å². The summed E-state index contributed by atoms with van der Waals surface area (Å²) in [6.07, 6.45) is -0.746. The summed E-state index contributed by atoms with van der Waals surface area (Å²) in [4.78, 5) is 1.78. The van der Waals surface area contributed by atoms with Gasteiger partial charge in [0.2, 0.25) is 0 Å². The van der Waals surface area contributed by atoms with Gasteiger partial charge in [-0.25, -0.2) is 0 Å². The normalized spacial score (nSPS) is 14.3. The van der Waals surface area contributed by atoms with E-state index in [2.05, 4.69) is 5.32 Å². The first-order valence-electron chi connectivity index (χ1n) is 5.57. The van der Waals surface area contributed by atoms with Crippen molar-refractivity contribution in [1.82, 2.24) is 4.90 Å². The molecule has 18 heavy (non-hydrogen) atoms. The lowest BCUT2D eigenvalue weighted by Gasteiger charge is -2.27. The van der Waals surface area contributed by atoms with Gasteiger partial charge in [-0.3, -0.25) is 0 Å². The van der Waals surface area contributed by atoms with E-state index >= 15 is 0 Å². The third kappa shape index (κ3) is 3.92. The van der Waals surface area contributed by atoms with Crippen molar-refractivity contribution in [3.8, 4) is 0 Å². The van der Waals surface area contributed by atoms with E-state index in [4.69, 9.17) is 18.0 Å². The Morgan fingerprint density at radius 1 is 1.39 bits per heavy atom. The van der Waals surface area contributed by atoms with Gasteiger partial charge in [0.15, 0.2) is 5.11 Å². The van der Waals surface area contributed by atoms with Crippen molar-refractivity contribution in [1.29, 1.82) is 0 Å². The quantitative estimate of drug-likeness (QED) is 0.576. The second-order valence-electron chi connectivity index (χ2n) is 4.27. The summed E-state index contributed by atoms with van der Waals surface area (Å²) in [5.74, 6) is 0. The van der Waals surface area contributed by atoms with Crippen LogP contribution in [0.5, 0.6) is 0 Å². The van der Waals surface area contributed by atoms with E-state index in [1.165, 1.54) is 0 Å². The number of hydrogen-bond acceptors (Lipinski definition) is 4. The first kappa shape index (κ1) is 14.8. The van der Waals surface area contributed by atoms with Gasteiger partial charge < -0.3 is 26.2 Å². The van der Waals surface area contributed by atoms with E-state index in [1.54, 1.807) is 29.2 Å². The average molecular weight is 269 g/mol. The lowest BCUT2D eigenvalue weighted by molar-refractivity contribution is 0.0390. The molecule has 0 aliphatic rings. The van der Waals surface area contributed by atoms with E-state index in [0.717, 1.165) is 11.3 Å². The average Bonchev–Trinajstić information content (AvgIpc) is 2.29. The molecule has 0 bridgehead atoms. The van der Waals surface area contributed by atoms with Crippen molar-refractivity contribution < 1.29 is 10.2 Å². The summed E-state index contributed by atoms with van der Waals surface area (Å²) in [5, 5.41) is 22.4. The van der Waals surface area contributed by atoms with Crippen molar-refractivity contribution >= 4 is 23.0 Å². The number of aliphatic hydroxyl groups is 2.